The van der Waals surface area contributed by atoms with Crippen LogP contribution in [0.1, 0.15) is 10.5 Å². The van der Waals surface area contributed by atoms with Crippen LogP contribution in [0.5, 0.6) is 0 Å². The van der Waals surface area contributed by atoms with Gasteiger partial charge in [-0.1, -0.05) is 6.07 Å². The number of carbonyl (C=O) groups is 1. The third-order valence-corrected chi connectivity index (χ3v) is 5.94. The molecule has 0 N–H and O–H groups in total. The molecular formula is C16H14F3N3O3S. The summed E-state index contributed by atoms with van der Waals surface area (Å²) in [6.07, 6.45) is 1.47. The first-order chi connectivity index (χ1) is 12.3. The van der Waals surface area contributed by atoms with Crippen LogP contribution in [-0.4, -0.2) is 54.7 Å². The van der Waals surface area contributed by atoms with E-state index in [-0.39, 0.29) is 37.8 Å². The fourth-order valence-electron chi connectivity index (χ4n) is 2.63. The van der Waals surface area contributed by atoms with Crippen LogP contribution in [0.3, 0.4) is 0 Å². The summed E-state index contributed by atoms with van der Waals surface area (Å²) in [6, 6.07) is 6.12. The van der Waals surface area contributed by atoms with E-state index >= 15 is 0 Å². The third-order valence-electron chi connectivity index (χ3n) is 4.03. The fourth-order valence-corrected chi connectivity index (χ4v) is 4.11. The number of pyridine rings is 1. The molecule has 138 valence electrons. The van der Waals surface area contributed by atoms with Crippen LogP contribution in [-0.2, 0) is 10.0 Å². The second kappa shape index (κ2) is 7.04. The van der Waals surface area contributed by atoms with E-state index in [1.54, 1.807) is 18.2 Å². The minimum absolute atomic E-state index is 0.0694. The van der Waals surface area contributed by atoms with Crippen molar-refractivity contribution in [1.82, 2.24) is 14.2 Å². The van der Waals surface area contributed by atoms with Gasteiger partial charge < -0.3 is 4.90 Å². The molecule has 6 nitrogen and oxygen atoms in total. The largest absolute Gasteiger partial charge is 0.335 e. The number of rotatable bonds is 3. The molecule has 0 atom stereocenters. The highest BCUT2D eigenvalue weighted by Gasteiger charge is 2.33. The van der Waals surface area contributed by atoms with Crippen molar-refractivity contribution in [3.05, 3.63) is 59.7 Å². The van der Waals surface area contributed by atoms with Gasteiger partial charge in [0.1, 0.15) is 10.6 Å². The number of halogens is 3. The van der Waals surface area contributed by atoms with Crippen LogP contribution in [0.25, 0.3) is 0 Å². The van der Waals surface area contributed by atoms with Gasteiger partial charge in [0, 0.05) is 32.4 Å². The van der Waals surface area contributed by atoms with E-state index in [0.717, 1.165) is 4.31 Å². The molecule has 0 aliphatic carbocycles. The highest BCUT2D eigenvalue weighted by atomic mass is 32.2. The van der Waals surface area contributed by atoms with Gasteiger partial charge in [0.25, 0.3) is 5.91 Å². The highest BCUT2D eigenvalue weighted by Crippen LogP contribution is 2.24. The minimum Gasteiger partial charge on any atom is -0.335 e. The van der Waals surface area contributed by atoms with E-state index in [2.05, 4.69) is 4.98 Å². The monoisotopic (exact) mass is 385 g/mol. The Kier molecular flexibility index (Phi) is 4.97. The lowest BCUT2D eigenvalue weighted by Gasteiger charge is -2.33. The highest BCUT2D eigenvalue weighted by molar-refractivity contribution is 7.89. The van der Waals surface area contributed by atoms with Crippen molar-refractivity contribution in [2.24, 2.45) is 0 Å². The average Bonchev–Trinajstić information content (AvgIpc) is 2.66. The van der Waals surface area contributed by atoms with Crippen molar-refractivity contribution < 1.29 is 26.4 Å². The van der Waals surface area contributed by atoms with Gasteiger partial charge in [-0.15, -0.1) is 0 Å². The first kappa shape index (κ1) is 18.3. The molecule has 26 heavy (non-hydrogen) atoms. The molecule has 1 aromatic carbocycles. The average molecular weight is 385 g/mol. The predicted molar refractivity (Wildman–Crippen MR) is 85.2 cm³/mol. The van der Waals surface area contributed by atoms with Crippen molar-refractivity contribution in [3.63, 3.8) is 0 Å². The second-order valence-electron chi connectivity index (χ2n) is 5.58. The molecule has 10 heteroatoms. The molecule has 1 saturated heterocycles. The Morgan fingerprint density at radius 2 is 1.65 bits per heavy atom. The smallest absolute Gasteiger partial charge is 0.272 e. The van der Waals surface area contributed by atoms with Crippen molar-refractivity contribution in [2.75, 3.05) is 26.2 Å². The number of benzene rings is 1. The summed E-state index contributed by atoms with van der Waals surface area (Å²) in [5, 5.41) is 0. The van der Waals surface area contributed by atoms with Crippen molar-refractivity contribution in [1.29, 1.82) is 0 Å². The normalized spacial score (nSPS) is 15.9. The Morgan fingerprint density at radius 1 is 0.962 bits per heavy atom. The van der Waals surface area contributed by atoms with Crippen molar-refractivity contribution in [2.45, 2.75) is 4.90 Å². The summed E-state index contributed by atoms with van der Waals surface area (Å²) in [5.41, 5.74) is 0.232. The summed E-state index contributed by atoms with van der Waals surface area (Å²) in [4.78, 5) is 16.8. The Balaban J connectivity index is 1.75. The number of sulfonamides is 1. The van der Waals surface area contributed by atoms with Gasteiger partial charge >= 0.3 is 0 Å². The molecular weight excluding hydrogens is 371 g/mol. The minimum atomic E-state index is -4.35. The summed E-state index contributed by atoms with van der Waals surface area (Å²) < 4.78 is 66.1. The molecule has 0 saturated carbocycles. The summed E-state index contributed by atoms with van der Waals surface area (Å²) >= 11 is 0. The van der Waals surface area contributed by atoms with Gasteiger partial charge in [0.15, 0.2) is 17.5 Å². The molecule has 1 fully saturated rings. The Morgan fingerprint density at radius 3 is 2.27 bits per heavy atom. The van der Waals surface area contributed by atoms with E-state index in [9.17, 15) is 26.4 Å². The van der Waals surface area contributed by atoms with Gasteiger partial charge in [0.05, 0.1) is 0 Å². The van der Waals surface area contributed by atoms with Crippen LogP contribution < -0.4 is 0 Å². The molecule has 2 aromatic rings. The van der Waals surface area contributed by atoms with E-state index < -0.39 is 32.4 Å². The molecule has 1 aliphatic rings. The lowest BCUT2D eigenvalue weighted by molar-refractivity contribution is 0.0692. The molecule has 3 rings (SSSR count). The van der Waals surface area contributed by atoms with Gasteiger partial charge in [0.2, 0.25) is 10.0 Å². The van der Waals surface area contributed by atoms with Crippen LogP contribution in [0.4, 0.5) is 13.2 Å². The predicted octanol–water partition coefficient (Wildman–Crippen LogP) is 1.65. The van der Waals surface area contributed by atoms with E-state index in [1.165, 1.54) is 11.1 Å². The van der Waals surface area contributed by atoms with E-state index in [1.807, 2.05) is 0 Å². The van der Waals surface area contributed by atoms with Gasteiger partial charge in [-0.25, -0.2) is 21.6 Å². The fraction of sp³-hybridized carbons (Fsp3) is 0.250. The van der Waals surface area contributed by atoms with Crippen LogP contribution >= 0.6 is 0 Å². The summed E-state index contributed by atoms with van der Waals surface area (Å²) in [6.45, 7) is -0.0570. The maximum Gasteiger partial charge on any atom is 0.272 e. The lowest BCUT2D eigenvalue weighted by Crippen LogP contribution is -2.50. The van der Waals surface area contributed by atoms with Crippen molar-refractivity contribution in [3.8, 4) is 0 Å². The molecule has 1 amide bonds. The number of hydrogen-bond donors (Lipinski definition) is 0. The quantitative estimate of drug-likeness (QED) is 0.754. The molecule has 0 spiro atoms. The number of amides is 1. The van der Waals surface area contributed by atoms with Crippen molar-refractivity contribution >= 4 is 15.9 Å². The number of hydrogen-bond acceptors (Lipinski definition) is 4. The molecule has 0 unspecified atom stereocenters. The molecule has 2 heterocycles. The SMILES string of the molecule is O=C(c1ccccn1)N1CCN(S(=O)(=O)c2ccc(F)c(F)c2F)CC1. The summed E-state index contributed by atoms with van der Waals surface area (Å²) in [7, 11) is -4.35. The first-order valence-corrected chi connectivity index (χ1v) is 9.10. The van der Waals surface area contributed by atoms with E-state index in [4.69, 9.17) is 0 Å². The van der Waals surface area contributed by atoms with Crippen LogP contribution in [0, 0.1) is 17.5 Å². The summed E-state index contributed by atoms with van der Waals surface area (Å²) in [5.74, 6) is -5.40. The molecule has 0 bridgehead atoms. The number of carbonyl (C=O) groups excluding carboxylic acids is 1. The standard InChI is InChI=1S/C16H14F3N3O3S/c17-11-4-5-13(15(19)14(11)18)26(24,25)22-9-7-21(8-10-22)16(23)12-3-1-2-6-20-12/h1-6H,7-10H2. The Bertz CT molecular complexity index is 931. The molecule has 1 aliphatic heterocycles. The number of aromatic nitrogens is 1. The first-order valence-electron chi connectivity index (χ1n) is 7.66. The van der Waals surface area contributed by atoms with Gasteiger partial charge in [-0.05, 0) is 24.3 Å². The van der Waals surface area contributed by atoms with Crippen LogP contribution in [0.15, 0.2) is 41.4 Å². The second-order valence-corrected chi connectivity index (χ2v) is 7.49. The van der Waals surface area contributed by atoms with Crippen LogP contribution in [0.2, 0.25) is 0 Å². The Hall–Kier alpha value is -2.46. The molecule has 1 aromatic heterocycles. The van der Waals surface area contributed by atoms with Gasteiger partial charge in [-0.3, -0.25) is 9.78 Å². The van der Waals surface area contributed by atoms with E-state index in [0.29, 0.717) is 12.1 Å². The number of nitrogens with zero attached hydrogens (tertiary/aromatic N) is 3. The maximum atomic E-state index is 13.8. The van der Waals surface area contributed by atoms with Gasteiger partial charge in [-0.2, -0.15) is 4.31 Å². The third kappa shape index (κ3) is 3.29. The maximum absolute atomic E-state index is 13.8. The zero-order valence-corrected chi connectivity index (χ0v) is 14.2. The topological polar surface area (TPSA) is 70.6 Å². The Labute approximate surface area is 147 Å². The lowest BCUT2D eigenvalue weighted by atomic mass is 10.3. The number of piperazine rings is 1. The zero-order valence-electron chi connectivity index (χ0n) is 13.4. The zero-order chi connectivity index (χ0) is 18.9. The molecule has 0 radical (unpaired) electrons.